The van der Waals surface area contributed by atoms with Crippen LogP contribution in [-0.4, -0.2) is 4.98 Å². The van der Waals surface area contributed by atoms with Crippen molar-refractivity contribution in [1.82, 2.24) is 4.98 Å². The van der Waals surface area contributed by atoms with E-state index in [2.05, 4.69) is 59.1 Å². The van der Waals surface area contributed by atoms with E-state index in [-0.39, 0.29) is 24.0 Å². The first-order valence-corrected chi connectivity index (χ1v) is 6.35. The number of benzene rings is 1. The molecule has 0 fully saturated rings. The SMILES string of the molecule is C[n+]1c(/C=C/c2cc[nH]c2)sc2ccccc21.[I-]. The molecule has 2 aromatic heterocycles. The van der Waals surface area contributed by atoms with E-state index in [1.54, 1.807) is 0 Å². The first-order chi connectivity index (χ1) is 8.34. The summed E-state index contributed by atoms with van der Waals surface area (Å²) < 4.78 is 3.55. The molecule has 1 N–H and O–H groups in total. The fourth-order valence-corrected chi connectivity index (χ4v) is 2.93. The van der Waals surface area contributed by atoms with Crippen LogP contribution < -0.4 is 28.5 Å². The summed E-state index contributed by atoms with van der Waals surface area (Å²) in [6, 6.07) is 10.5. The molecule has 0 atom stereocenters. The zero-order valence-electron chi connectivity index (χ0n) is 9.93. The van der Waals surface area contributed by atoms with E-state index in [4.69, 9.17) is 0 Å². The number of aryl methyl sites for hydroxylation is 1. The summed E-state index contributed by atoms with van der Waals surface area (Å²) in [7, 11) is 2.11. The number of nitrogens with one attached hydrogen (secondary N) is 1. The average molecular weight is 368 g/mol. The smallest absolute Gasteiger partial charge is 0.262 e. The van der Waals surface area contributed by atoms with Gasteiger partial charge >= 0.3 is 0 Å². The van der Waals surface area contributed by atoms with Crippen molar-refractivity contribution in [3.63, 3.8) is 0 Å². The second kappa shape index (κ2) is 5.67. The van der Waals surface area contributed by atoms with Gasteiger partial charge in [0.05, 0.1) is 0 Å². The summed E-state index contributed by atoms with van der Waals surface area (Å²) in [6.45, 7) is 0. The quantitative estimate of drug-likeness (QED) is 0.494. The van der Waals surface area contributed by atoms with Crippen LogP contribution in [0.15, 0.2) is 42.7 Å². The van der Waals surface area contributed by atoms with Crippen LogP contribution in [0.2, 0.25) is 0 Å². The molecule has 2 heterocycles. The molecule has 0 aliphatic heterocycles. The second-order valence-electron chi connectivity index (χ2n) is 3.94. The number of hydrogen-bond acceptors (Lipinski definition) is 1. The van der Waals surface area contributed by atoms with Crippen molar-refractivity contribution in [2.75, 3.05) is 0 Å². The molecule has 3 rings (SSSR count). The minimum atomic E-state index is 0. The maximum absolute atomic E-state index is 3.05. The van der Waals surface area contributed by atoms with Gasteiger partial charge in [-0.1, -0.05) is 23.5 Å². The predicted molar refractivity (Wildman–Crippen MR) is 72.7 cm³/mol. The lowest BCUT2D eigenvalue weighted by Gasteiger charge is -1.85. The first kappa shape index (κ1) is 13.3. The van der Waals surface area contributed by atoms with E-state index < -0.39 is 0 Å². The van der Waals surface area contributed by atoms with Crippen LogP contribution in [0.25, 0.3) is 22.4 Å². The molecule has 2 nitrogen and oxygen atoms in total. The number of para-hydroxylation sites is 1. The Bertz CT molecular complexity index is 668. The molecule has 0 bridgehead atoms. The first-order valence-electron chi connectivity index (χ1n) is 5.53. The van der Waals surface area contributed by atoms with E-state index in [9.17, 15) is 0 Å². The van der Waals surface area contributed by atoms with Gasteiger partial charge in [0.1, 0.15) is 11.7 Å². The van der Waals surface area contributed by atoms with Gasteiger partial charge in [-0.25, -0.2) is 0 Å². The van der Waals surface area contributed by atoms with Crippen LogP contribution >= 0.6 is 11.3 Å². The van der Waals surface area contributed by atoms with Gasteiger partial charge in [0.25, 0.3) is 5.01 Å². The van der Waals surface area contributed by atoms with Crippen LogP contribution in [0.3, 0.4) is 0 Å². The summed E-state index contributed by atoms with van der Waals surface area (Å²) >= 11 is 1.81. The molecular weight excluding hydrogens is 355 g/mol. The summed E-state index contributed by atoms with van der Waals surface area (Å²) in [5.74, 6) is 0. The molecule has 92 valence electrons. The highest BCUT2D eigenvalue weighted by molar-refractivity contribution is 7.18. The van der Waals surface area contributed by atoms with Gasteiger partial charge in [-0.2, -0.15) is 4.57 Å². The monoisotopic (exact) mass is 368 g/mol. The van der Waals surface area contributed by atoms with E-state index in [0.29, 0.717) is 0 Å². The van der Waals surface area contributed by atoms with Crippen molar-refractivity contribution in [3.05, 3.63) is 53.3 Å². The largest absolute Gasteiger partial charge is 1.00 e. The Morgan fingerprint density at radius 3 is 2.72 bits per heavy atom. The van der Waals surface area contributed by atoms with E-state index >= 15 is 0 Å². The Morgan fingerprint density at radius 2 is 2.00 bits per heavy atom. The van der Waals surface area contributed by atoms with E-state index in [1.165, 1.54) is 20.8 Å². The van der Waals surface area contributed by atoms with Crippen molar-refractivity contribution in [2.45, 2.75) is 0 Å². The number of hydrogen-bond donors (Lipinski definition) is 1. The normalized spacial score (nSPS) is 10.9. The van der Waals surface area contributed by atoms with Gasteiger partial charge < -0.3 is 29.0 Å². The molecule has 1 aromatic carbocycles. The number of aromatic amines is 1. The van der Waals surface area contributed by atoms with Gasteiger partial charge in [0, 0.05) is 24.5 Å². The van der Waals surface area contributed by atoms with Gasteiger partial charge in [0.2, 0.25) is 5.52 Å². The van der Waals surface area contributed by atoms with Crippen LogP contribution in [0.5, 0.6) is 0 Å². The maximum Gasteiger partial charge on any atom is 0.262 e. The lowest BCUT2D eigenvalue weighted by molar-refractivity contribution is -0.642. The molecule has 0 amide bonds. The third-order valence-electron chi connectivity index (χ3n) is 2.81. The fraction of sp³-hybridized carbons (Fsp3) is 0.0714. The van der Waals surface area contributed by atoms with Crippen molar-refractivity contribution < 1.29 is 28.5 Å². The minimum Gasteiger partial charge on any atom is -1.00 e. The van der Waals surface area contributed by atoms with Gasteiger partial charge in [-0.3, -0.25) is 0 Å². The minimum absolute atomic E-state index is 0. The summed E-state index contributed by atoms with van der Waals surface area (Å²) in [5, 5.41) is 1.26. The number of thiazole rings is 1. The number of nitrogens with zero attached hydrogens (tertiary/aromatic N) is 1. The topological polar surface area (TPSA) is 19.7 Å². The zero-order valence-corrected chi connectivity index (χ0v) is 12.9. The lowest BCUT2D eigenvalue weighted by Crippen LogP contribution is -3.00. The molecule has 18 heavy (non-hydrogen) atoms. The van der Waals surface area contributed by atoms with Gasteiger partial charge in [-0.15, -0.1) is 0 Å². The number of aromatic nitrogens is 2. The zero-order chi connectivity index (χ0) is 11.7. The van der Waals surface area contributed by atoms with Gasteiger partial charge in [0.15, 0.2) is 0 Å². The average Bonchev–Trinajstić information content (AvgIpc) is 2.96. The Labute approximate surface area is 127 Å². The van der Waals surface area contributed by atoms with Crippen LogP contribution in [0.4, 0.5) is 0 Å². The molecule has 0 saturated heterocycles. The third-order valence-corrected chi connectivity index (χ3v) is 4.00. The van der Waals surface area contributed by atoms with Crippen molar-refractivity contribution >= 4 is 33.7 Å². The highest BCUT2D eigenvalue weighted by Crippen LogP contribution is 2.21. The molecular formula is C14H13IN2S. The predicted octanol–water partition coefficient (Wildman–Crippen LogP) is 0.228. The van der Waals surface area contributed by atoms with Crippen LogP contribution in [-0.2, 0) is 7.05 Å². The highest BCUT2D eigenvalue weighted by atomic mass is 127. The highest BCUT2D eigenvalue weighted by Gasteiger charge is 2.12. The summed E-state index contributed by atoms with van der Waals surface area (Å²) in [4.78, 5) is 3.05. The molecule has 0 unspecified atom stereocenters. The van der Waals surface area contributed by atoms with Crippen LogP contribution in [0, 0.1) is 0 Å². The molecule has 0 saturated carbocycles. The van der Waals surface area contributed by atoms with Crippen molar-refractivity contribution in [1.29, 1.82) is 0 Å². The number of H-pyrrole nitrogens is 1. The molecule has 0 spiro atoms. The van der Waals surface area contributed by atoms with Crippen LogP contribution in [0.1, 0.15) is 10.6 Å². The molecule has 4 heteroatoms. The maximum atomic E-state index is 3.05. The molecule has 0 aliphatic rings. The molecule has 0 radical (unpaired) electrons. The van der Waals surface area contributed by atoms with Crippen molar-refractivity contribution in [2.24, 2.45) is 7.05 Å². The van der Waals surface area contributed by atoms with E-state index in [0.717, 1.165) is 0 Å². The summed E-state index contributed by atoms with van der Waals surface area (Å²) in [6.07, 6.45) is 8.21. The number of fused-ring (bicyclic) bond motifs is 1. The Balaban J connectivity index is 0.00000120. The molecule has 3 aromatic rings. The van der Waals surface area contributed by atoms with Crippen molar-refractivity contribution in [3.8, 4) is 0 Å². The van der Waals surface area contributed by atoms with E-state index in [1.807, 2.05) is 23.7 Å². The number of halogens is 1. The second-order valence-corrected chi connectivity index (χ2v) is 5.01. The lowest BCUT2D eigenvalue weighted by atomic mass is 10.3. The molecule has 0 aliphatic carbocycles. The van der Waals surface area contributed by atoms with Gasteiger partial charge in [-0.05, 0) is 23.8 Å². The number of rotatable bonds is 2. The Hall–Kier alpha value is -1.14. The standard InChI is InChI=1S/C14H12N2S.HI/c1-16-12-4-2-3-5-13(12)17-14(16)7-6-11-8-9-15-10-11;/h2-10H,1H3;1H. The summed E-state index contributed by atoms with van der Waals surface area (Å²) in [5.41, 5.74) is 2.48. The third kappa shape index (κ3) is 2.49. The fourth-order valence-electron chi connectivity index (χ4n) is 1.87. The Morgan fingerprint density at radius 1 is 1.17 bits per heavy atom. The Kier molecular flexibility index (Phi) is 4.19.